The topological polar surface area (TPSA) is 46.2 Å². The molecule has 0 aliphatic rings. The van der Waals surface area contributed by atoms with Crippen molar-refractivity contribution in [3.8, 4) is 0 Å². The van der Waals surface area contributed by atoms with Crippen LogP contribution in [0.5, 0.6) is 0 Å². The lowest BCUT2D eigenvalue weighted by molar-refractivity contribution is 0.185. The van der Waals surface area contributed by atoms with E-state index in [1.165, 1.54) is 11.1 Å². The molecule has 0 radical (unpaired) electrons. The van der Waals surface area contributed by atoms with Crippen molar-refractivity contribution in [1.29, 1.82) is 0 Å². The highest BCUT2D eigenvalue weighted by Crippen LogP contribution is 2.19. The summed E-state index contributed by atoms with van der Waals surface area (Å²) in [5, 5.41) is 9.20. The summed E-state index contributed by atoms with van der Waals surface area (Å²) < 4.78 is 0. The van der Waals surface area contributed by atoms with E-state index in [9.17, 15) is 5.11 Å². The first-order valence-electron chi connectivity index (χ1n) is 4.04. The summed E-state index contributed by atoms with van der Waals surface area (Å²) in [6.07, 6.45) is -0.857. The van der Waals surface area contributed by atoms with E-state index in [1.807, 2.05) is 26.0 Å². The van der Waals surface area contributed by atoms with Crippen LogP contribution >= 0.6 is 0 Å². The Labute approximate surface area is 73.0 Å². The van der Waals surface area contributed by atoms with Crippen molar-refractivity contribution >= 4 is 0 Å². The molecule has 2 nitrogen and oxygen atoms in total. The van der Waals surface area contributed by atoms with Gasteiger partial charge in [-0.3, -0.25) is 0 Å². The molecule has 12 heavy (non-hydrogen) atoms. The smallest absolute Gasteiger partial charge is 0.128 e. The zero-order valence-corrected chi connectivity index (χ0v) is 7.76. The van der Waals surface area contributed by atoms with Gasteiger partial charge in [-0.05, 0) is 43.0 Å². The third-order valence-electron chi connectivity index (χ3n) is 2.42. The predicted octanol–water partition coefficient (Wildman–Crippen LogP) is 1.56. The van der Waals surface area contributed by atoms with Crippen LogP contribution in [0, 0.1) is 20.8 Å². The second kappa shape index (κ2) is 3.25. The van der Waals surface area contributed by atoms with E-state index in [4.69, 9.17) is 5.73 Å². The molecule has 0 bridgehead atoms. The number of nitrogens with two attached hydrogens (primary N) is 1. The molecule has 1 rings (SSSR count). The highest BCUT2D eigenvalue weighted by atomic mass is 16.3. The first-order chi connectivity index (χ1) is 5.54. The van der Waals surface area contributed by atoms with Crippen molar-refractivity contribution in [2.45, 2.75) is 27.0 Å². The normalized spacial score (nSPS) is 13.1. The van der Waals surface area contributed by atoms with Gasteiger partial charge < -0.3 is 10.8 Å². The second-order valence-corrected chi connectivity index (χ2v) is 3.17. The minimum Gasteiger partial charge on any atom is -0.375 e. The Hall–Kier alpha value is -0.860. The Morgan fingerprint density at radius 3 is 2.25 bits per heavy atom. The maximum atomic E-state index is 9.20. The summed E-state index contributed by atoms with van der Waals surface area (Å²) in [5.41, 5.74) is 9.73. The molecule has 3 N–H and O–H groups in total. The van der Waals surface area contributed by atoms with Crippen molar-refractivity contribution in [3.63, 3.8) is 0 Å². The molecular formula is C10H15NO. The molecule has 0 heterocycles. The Bertz CT molecular complexity index is 292. The highest BCUT2D eigenvalue weighted by molar-refractivity contribution is 5.39. The summed E-state index contributed by atoms with van der Waals surface area (Å²) in [7, 11) is 0. The van der Waals surface area contributed by atoms with Gasteiger partial charge in [0.05, 0.1) is 0 Å². The Kier molecular flexibility index (Phi) is 2.50. The molecule has 0 spiro atoms. The van der Waals surface area contributed by atoms with Crippen LogP contribution in [-0.2, 0) is 0 Å². The fourth-order valence-electron chi connectivity index (χ4n) is 1.30. The quantitative estimate of drug-likeness (QED) is 0.620. The van der Waals surface area contributed by atoms with Crippen molar-refractivity contribution < 1.29 is 5.11 Å². The van der Waals surface area contributed by atoms with Crippen LogP contribution < -0.4 is 5.73 Å². The highest BCUT2D eigenvalue weighted by Gasteiger charge is 2.07. The number of aryl methyl sites for hydroxylation is 1. The summed E-state index contributed by atoms with van der Waals surface area (Å²) in [5.74, 6) is 0. The summed E-state index contributed by atoms with van der Waals surface area (Å²) in [6, 6.07) is 3.86. The molecule has 1 unspecified atom stereocenters. The minimum atomic E-state index is -0.857. The lowest BCUT2D eigenvalue weighted by Gasteiger charge is -2.12. The molecule has 0 saturated heterocycles. The molecule has 66 valence electrons. The molecule has 0 saturated carbocycles. The van der Waals surface area contributed by atoms with Crippen LogP contribution in [-0.4, -0.2) is 5.11 Å². The monoisotopic (exact) mass is 165 g/mol. The molecule has 1 atom stereocenters. The first-order valence-corrected chi connectivity index (χ1v) is 4.04. The van der Waals surface area contributed by atoms with E-state index in [-0.39, 0.29) is 0 Å². The molecule has 0 aliphatic carbocycles. The van der Waals surface area contributed by atoms with Crippen LogP contribution in [0.25, 0.3) is 0 Å². The Balaban J connectivity index is 3.27. The standard InChI is InChI=1S/C10H15NO/c1-6-4-5-9(10(11)12)8(3)7(6)2/h4-5,10,12H,11H2,1-3H3. The summed E-state index contributed by atoms with van der Waals surface area (Å²) in [6.45, 7) is 6.07. The van der Waals surface area contributed by atoms with Gasteiger partial charge in [-0.1, -0.05) is 12.1 Å². The van der Waals surface area contributed by atoms with Gasteiger partial charge in [0.15, 0.2) is 0 Å². The third-order valence-corrected chi connectivity index (χ3v) is 2.42. The average Bonchev–Trinajstić information content (AvgIpc) is 2.00. The predicted molar refractivity (Wildman–Crippen MR) is 49.8 cm³/mol. The number of rotatable bonds is 1. The van der Waals surface area contributed by atoms with Crippen molar-refractivity contribution in [1.82, 2.24) is 0 Å². The van der Waals surface area contributed by atoms with Crippen LogP contribution in [0.1, 0.15) is 28.5 Å². The second-order valence-electron chi connectivity index (χ2n) is 3.17. The van der Waals surface area contributed by atoms with Gasteiger partial charge in [0.1, 0.15) is 6.23 Å². The SMILES string of the molecule is Cc1ccc(C(N)O)c(C)c1C. The van der Waals surface area contributed by atoms with E-state index in [0.717, 1.165) is 11.1 Å². The molecule has 0 aromatic heterocycles. The van der Waals surface area contributed by atoms with Crippen molar-refractivity contribution in [2.24, 2.45) is 5.73 Å². The molecule has 2 heteroatoms. The van der Waals surface area contributed by atoms with E-state index in [1.54, 1.807) is 0 Å². The van der Waals surface area contributed by atoms with Gasteiger partial charge in [-0.25, -0.2) is 0 Å². The molecule has 0 fully saturated rings. The van der Waals surface area contributed by atoms with E-state index in [0.29, 0.717) is 0 Å². The number of hydrogen-bond acceptors (Lipinski definition) is 2. The van der Waals surface area contributed by atoms with Gasteiger partial charge in [0.25, 0.3) is 0 Å². The number of aliphatic hydroxyl groups excluding tert-OH is 1. The molecule has 1 aromatic rings. The summed E-state index contributed by atoms with van der Waals surface area (Å²) >= 11 is 0. The zero-order valence-electron chi connectivity index (χ0n) is 7.76. The average molecular weight is 165 g/mol. The Morgan fingerprint density at radius 1 is 1.17 bits per heavy atom. The molecular weight excluding hydrogens is 150 g/mol. The van der Waals surface area contributed by atoms with E-state index < -0.39 is 6.23 Å². The molecule has 1 aromatic carbocycles. The molecule has 0 amide bonds. The van der Waals surface area contributed by atoms with Gasteiger partial charge >= 0.3 is 0 Å². The van der Waals surface area contributed by atoms with Gasteiger partial charge in [0, 0.05) is 0 Å². The number of aliphatic hydroxyl groups is 1. The Morgan fingerprint density at radius 2 is 1.75 bits per heavy atom. The van der Waals surface area contributed by atoms with Gasteiger partial charge in [-0.15, -0.1) is 0 Å². The number of benzene rings is 1. The molecule has 0 aliphatic heterocycles. The van der Waals surface area contributed by atoms with E-state index >= 15 is 0 Å². The third kappa shape index (κ3) is 1.49. The van der Waals surface area contributed by atoms with Crippen LogP contribution in [0.2, 0.25) is 0 Å². The lowest BCUT2D eigenvalue weighted by atomic mass is 9.98. The maximum absolute atomic E-state index is 9.20. The van der Waals surface area contributed by atoms with Crippen LogP contribution in [0.3, 0.4) is 0 Å². The largest absolute Gasteiger partial charge is 0.375 e. The lowest BCUT2D eigenvalue weighted by Crippen LogP contribution is -2.11. The summed E-state index contributed by atoms with van der Waals surface area (Å²) in [4.78, 5) is 0. The maximum Gasteiger partial charge on any atom is 0.128 e. The van der Waals surface area contributed by atoms with Crippen molar-refractivity contribution in [3.05, 3.63) is 34.4 Å². The van der Waals surface area contributed by atoms with Crippen LogP contribution in [0.15, 0.2) is 12.1 Å². The fraction of sp³-hybridized carbons (Fsp3) is 0.400. The fourth-order valence-corrected chi connectivity index (χ4v) is 1.30. The van der Waals surface area contributed by atoms with Gasteiger partial charge in [-0.2, -0.15) is 0 Å². The van der Waals surface area contributed by atoms with Crippen molar-refractivity contribution in [2.75, 3.05) is 0 Å². The number of hydrogen-bond donors (Lipinski definition) is 2. The van der Waals surface area contributed by atoms with Gasteiger partial charge in [0.2, 0.25) is 0 Å². The first kappa shape index (κ1) is 9.23. The zero-order chi connectivity index (χ0) is 9.30. The minimum absolute atomic E-state index is 0.818. The van der Waals surface area contributed by atoms with Crippen LogP contribution in [0.4, 0.5) is 0 Å². The van der Waals surface area contributed by atoms with E-state index in [2.05, 4.69) is 6.92 Å².